The van der Waals surface area contributed by atoms with Crippen LogP contribution >= 0.6 is 0 Å². The van der Waals surface area contributed by atoms with Gasteiger partial charge in [0.1, 0.15) is 5.69 Å². The van der Waals surface area contributed by atoms with Crippen LogP contribution in [0.15, 0.2) is 30.3 Å². The zero-order valence-electron chi connectivity index (χ0n) is 17.6. The molecule has 2 N–H and O–H groups in total. The molecule has 1 atom stereocenters. The van der Waals surface area contributed by atoms with Crippen molar-refractivity contribution in [1.82, 2.24) is 10.3 Å². The Morgan fingerprint density at radius 2 is 1.88 bits per heavy atom. The molecule has 180 valence electrons. The van der Waals surface area contributed by atoms with E-state index < -0.39 is 52.1 Å². The Kier molecular flexibility index (Phi) is 9.02. The summed E-state index contributed by atoms with van der Waals surface area (Å²) in [6.45, 7) is 1.81. The molecule has 1 aromatic heterocycles. The standard InChI is InChI=1S/C20H21AsF5N3O3S/c1-3-8-27-19-12(4-6-17(29-19)20(24,25)26)5-7-18(30)28-11-13-9-16(23)14(10-15(13)22)21-33(2,31)32/h4-7,9-10,21H,3,8,11H2,1-2H3,(H,27,29)(H,28,30). The van der Waals surface area contributed by atoms with Crippen molar-refractivity contribution in [2.24, 2.45) is 0 Å². The Morgan fingerprint density at radius 1 is 1.18 bits per heavy atom. The number of benzene rings is 1. The first-order chi connectivity index (χ1) is 15.3. The molecule has 6 nitrogen and oxygen atoms in total. The molecule has 0 aliphatic heterocycles. The second kappa shape index (κ2) is 11.1. The van der Waals surface area contributed by atoms with E-state index in [0.29, 0.717) is 13.0 Å². The van der Waals surface area contributed by atoms with Crippen molar-refractivity contribution in [3.05, 3.63) is 58.8 Å². The van der Waals surface area contributed by atoms with Crippen LogP contribution in [0.4, 0.5) is 27.8 Å². The quantitative estimate of drug-likeness (QED) is 0.283. The summed E-state index contributed by atoms with van der Waals surface area (Å²) in [6.07, 6.45) is -0.770. The van der Waals surface area contributed by atoms with Gasteiger partial charge in [-0.25, -0.2) is 0 Å². The van der Waals surface area contributed by atoms with Gasteiger partial charge in [-0.05, 0) is 6.42 Å². The molecule has 33 heavy (non-hydrogen) atoms. The van der Waals surface area contributed by atoms with Crippen LogP contribution in [0.3, 0.4) is 0 Å². The summed E-state index contributed by atoms with van der Waals surface area (Å²) in [6, 6.07) is 3.59. The first kappa shape index (κ1) is 26.8. The van der Waals surface area contributed by atoms with E-state index in [1.54, 1.807) is 0 Å². The molecule has 2 rings (SSSR count). The molecule has 0 fully saturated rings. The third kappa shape index (κ3) is 8.43. The number of nitrogens with zero attached hydrogens (tertiary/aromatic N) is 1. The zero-order valence-corrected chi connectivity index (χ0v) is 20.5. The van der Waals surface area contributed by atoms with Gasteiger partial charge in [0.25, 0.3) is 0 Å². The monoisotopic (exact) mass is 553 g/mol. The van der Waals surface area contributed by atoms with Gasteiger partial charge in [0.05, 0.1) is 0 Å². The average Bonchev–Trinajstić information content (AvgIpc) is 2.70. The molecule has 0 saturated heterocycles. The number of alkyl halides is 3. The summed E-state index contributed by atoms with van der Waals surface area (Å²) in [7, 11) is -3.44. The molecule has 0 bridgehead atoms. The van der Waals surface area contributed by atoms with Gasteiger partial charge in [0.2, 0.25) is 0 Å². The number of halogens is 5. The summed E-state index contributed by atoms with van der Waals surface area (Å²) in [5.41, 5.74) is -1.03. The summed E-state index contributed by atoms with van der Waals surface area (Å²) in [4.78, 5) is 15.6. The van der Waals surface area contributed by atoms with E-state index in [-0.39, 0.29) is 27.8 Å². The van der Waals surface area contributed by atoms with Crippen LogP contribution in [0, 0.1) is 11.6 Å². The fourth-order valence-electron chi connectivity index (χ4n) is 2.56. The summed E-state index contributed by atoms with van der Waals surface area (Å²) < 4.78 is 89.5. The topological polar surface area (TPSA) is 88.2 Å². The fraction of sp³-hybridized carbons (Fsp3) is 0.300. The molecule has 1 amide bonds. The van der Waals surface area contributed by atoms with Gasteiger partial charge in [-0.3, -0.25) is 0 Å². The van der Waals surface area contributed by atoms with Gasteiger partial charge in [0.15, 0.2) is 0 Å². The number of rotatable bonds is 9. The van der Waals surface area contributed by atoms with Gasteiger partial charge in [-0.1, -0.05) is 6.92 Å². The van der Waals surface area contributed by atoms with Crippen molar-refractivity contribution in [2.45, 2.75) is 26.1 Å². The van der Waals surface area contributed by atoms with Crippen molar-refractivity contribution in [2.75, 3.05) is 18.1 Å². The zero-order chi connectivity index (χ0) is 24.8. The van der Waals surface area contributed by atoms with Gasteiger partial charge < -0.3 is 0 Å². The summed E-state index contributed by atoms with van der Waals surface area (Å²) >= 11 is -1.91. The molecule has 1 aromatic carbocycles. The number of nitrogens with one attached hydrogen (secondary N) is 2. The maximum absolute atomic E-state index is 14.2. The average molecular weight is 553 g/mol. The number of hydrogen-bond donors (Lipinski definition) is 2. The van der Waals surface area contributed by atoms with E-state index >= 15 is 0 Å². The molecule has 1 unspecified atom stereocenters. The van der Waals surface area contributed by atoms with Gasteiger partial charge >= 0.3 is 155 Å². The van der Waals surface area contributed by atoms with E-state index in [4.69, 9.17) is 0 Å². The fourth-order valence-corrected chi connectivity index (χ4v) is 7.03. The number of carbonyl (C=O) groups is 1. The van der Waals surface area contributed by atoms with Crippen LogP contribution < -0.4 is 15.0 Å². The predicted molar refractivity (Wildman–Crippen MR) is 117 cm³/mol. The Bertz CT molecular complexity index is 1150. The van der Waals surface area contributed by atoms with E-state index in [1.165, 1.54) is 6.08 Å². The van der Waals surface area contributed by atoms with Gasteiger partial charge in [-0.15, -0.1) is 0 Å². The predicted octanol–water partition coefficient (Wildman–Crippen LogP) is 2.55. The van der Waals surface area contributed by atoms with Crippen molar-refractivity contribution < 1.29 is 35.2 Å². The molecule has 0 spiro atoms. The van der Waals surface area contributed by atoms with Crippen molar-refractivity contribution in [1.29, 1.82) is 0 Å². The minimum atomic E-state index is -4.62. The van der Waals surface area contributed by atoms with Gasteiger partial charge in [0, 0.05) is 6.54 Å². The Balaban J connectivity index is 2.12. The van der Waals surface area contributed by atoms with Crippen LogP contribution in [0.25, 0.3) is 6.08 Å². The molecule has 13 heteroatoms. The second-order valence-corrected chi connectivity index (χ2v) is 15.7. The van der Waals surface area contributed by atoms with Crippen LogP contribution in [-0.2, 0) is 25.6 Å². The normalized spacial score (nSPS) is 12.6. The number of anilines is 1. The number of aromatic nitrogens is 1. The third-order valence-electron chi connectivity index (χ3n) is 4.06. The number of carbonyl (C=O) groups excluding carboxylic acids is 1. The van der Waals surface area contributed by atoms with Crippen LogP contribution in [0.5, 0.6) is 0 Å². The second-order valence-electron chi connectivity index (χ2n) is 6.91. The minimum absolute atomic E-state index is 0.0472. The molecule has 0 saturated carbocycles. The Labute approximate surface area is 193 Å². The van der Waals surface area contributed by atoms with Crippen LogP contribution in [-0.4, -0.2) is 46.7 Å². The Morgan fingerprint density at radius 3 is 2.48 bits per heavy atom. The Hall–Kier alpha value is -2.46. The third-order valence-corrected chi connectivity index (χ3v) is 9.17. The molecule has 2 aromatic rings. The number of hydrogen-bond acceptors (Lipinski definition) is 5. The molecule has 0 radical (unpaired) electrons. The molecule has 0 aliphatic rings. The molecular weight excluding hydrogens is 532 g/mol. The summed E-state index contributed by atoms with van der Waals surface area (Å²) in [5, 5.41) is 5.11. The van der Waals surface area contributed by atoms with Crippen molar-refractivity contribution >= 4 is 44.8 Å². The number of pyridine rings is 1. The van der Waals surface area contributed by atoms with E-state index in [9.17, 15) is 35.2 Å². The molecule has 0 aliphatic carbocycles. The first-order valence-corrected chi connectivity index (χ1v) is 15.0. The van der Waals surface area contributed by atoms with Gasteiger partial charge in [-0.2, -0.15) is 13.2 Å². The van der Waals surface area contributed by atoms with E-state index in [0.717, 1.165) is 36.6 Å². The van der Waals surface area contributed by atoms with Crippen LogP contribution in [0.1, 0.15) is 30.2 Å². The SMILES string of the molecule is CCCNc1nc(C(F)(F)F)ccc1C=CC(=O)NCc1cc(F)c([AsH]S(C)(=O)=O)cc1F. The first-order valence-electron chi connectivity index (χ1n) is 9.54. The maximum atomic E-state index is 14.2. The van der Waals surface area contributed by atoms with Crippen molar-refractivity contribution in [3.8, 4) is 0 Å². The van der Waals surface area contributed by atoms with E-state index in [1.807, 2.05) is 6.92 Å². The summed E-state index contributed by atoms with van der Waals surface area (Å²) in [5.74, 6) is -2.48. The van der Waals surface area contributed by atoms with E-state index in [2.05, 4.69) is 15.6 Å². The van der Waals surface area contributed by atoms with Crippen molar-refractivity contribution in [3.63, 3.8) is 0 Å². The number of amides is 1. The molecule has 1 heterocycles. The van der Waals surface area contributed by atoms with Crippen LogP contribution in [0.2, 0.25) is 0 Å². The molecular formula is C20H21AsF5N3O3S.